The van der Waals surface area contributed by atoms with E-state index in [1.54, 1.807) is 4.90 Å². The monoisotopic (exact) mass is 376 g/mol. The van der Waals surface area contributed by atoms with Crippen LogP contribution in [0.5, 0.6) is 0 Å². The van der Waals surface area contributed by atoms with Gasteiger partial charge in [-0.2, -0.15) is 0 Å². The number of benzene rings is 1. The third-order valence-corrected chi connectivity index (χ3v) is 5.12. The number of nitrogens with one attached hydrogen (secondary N) is 1. The Bertz CT molecular complexity index is 588. The van der Waals surface area contributed by atoms with E-state index in [9.17, 15) is 9.59 Å². The van der Waals surface area contributed by atoms with Gasteiger partial charge in [0.25, 0.3) is 0 Å². The molecule has 150 valence electrons. The van der Waals surface area contributed by atoms with Gasteiger partial charge in [-0.3, -0.25) is 9.69 Å². The number of piperazine rings is 1. The van der Waals surface area contributed by atoms with Gasteiger partial charge >= 0.3 is 6.09 Å². The molecule has 0 aliphatic carbocycles. The lowest BCUT2D eigenvalue weighted by molar-refractivity contribution is -0.123. The molecule has 1 aliphatic rings. The number of nitrogens with zero attached hydrogens (tertiary/aromatic N) is 2. The molecule has 1 aromatic carbocycles. The fourth-order valence-corrected chi connectivity index (χ4v) is 2.93. The summed E-state index contributed by atoms with van der Waals surface area (Å²) in [7, 11) is 0. The molecule has 2 atom stereocenters. The first-order chi connectivity index (χ1) is 13.0. The standard InChI is InChI=1S/C20H32N4O3/c1-3-16(2)18(21)19(25)22-9-10-23-11-13-24(14-12-23)20(26)27-15-17-7-5-4-6-8-17/h4-8,16,18H,3,9-15,21H2,1-2H3,(H,22,25)/t16-,18-/m0/s1. The molecule has 0 unspecified atom stereocenters. The molecule has 7 nitrogen and oxygen atoms in total. The van der Waals surface area contributed by atoms with Crippen LogP contribution in [-0.4, -0.2) is 67.1 Å². The zero-order valence-corrected chi connectivity index (χ0v) is 16.4. The second-order valence-corrected chi connectivity index (χ2v) is 7.07. The number of amides is 2. The molecule has 7 heteroatoms. The van der Waals surface area contributed by atoms with Gasteiger partial charge in [0.1, 0.15) is 6.61 Å². The van der Waals surface area contributed by atoms with Crippen molar-refractivity contribution in [3.05, 3.63) is 35.9 Å². The van der Waals surface area contributed by atoms with Crippen molar-refractivity contribution < 1.29 is 14.3 Å². The van der Waals surface area contributed by atoms with Crippen LogP contribution in [-0.2, 0) is 16.1 Å². The second-order valence-electron chi connectivity index (χ2n) is 7.07. The highest BCUT2D eigenvalue weighted by atomic mass is 16.6. The van der Waals surface area contributed by atoms with Crippen molar-refractivity contribution in [3.8, 4) is 0 Å². The van der Waals surface area contributed by atoms with Crippen LogP contribution in [0.25, 0.3) is 0 Å². The molecule has 1 heterocycles. The summed E-state index contributed by atoms with van der Waals surface area (Å²) in [4.78, 5) is 28.1. The van der Waals surface area contributed by atoms with E-state index in [1.807, 2.05) is 44.2 Å². The van der Waals surface area contributed by atoms with Crippen molar-refractivity contribution in [3.63, 3.8) is 0 Å². The van der Waals surface area contributed by atoms with Crippen LogP contribution in [0, 0.1) is 5.92 Å². The van der Waals surface area contributed by atoms with Gasteiger partial charge in [-0.15, -0.1) is 0 Å². The van der Waals surface area contributed by atoms with Crippen LogP contribution in [0.15, 0.2) is 30.3 Å². The molecule has 1 fully saturated rings. The minimum atomic E-state index is -0.453. The molecule has 1 aliphatic heterocycles. The first-order valence-electron chi connectivity index (χ1n) is 9.72. The Hall–Kier alpha value is -2.12. The summed E-state index contributed by atoms with van der Waals surface area (Å²) < 4.78 is 5.37. The molecule has 2 amide bonds. The average Bonchev–Trinajstić information content (AvgIpc) is 2.72. The SMILES string of the molecule is CC[C@H](C)[C@H](N)C(=O)NCCN1CCN(C(=O)OCc2ccccc2)CC1. The van der Waals surface area contributed by atoms with Gasteiger partial charge in [-0.25, -0.2) is 4.79 Å². The maximum Gasteiger partial charge on any atom is 0.410 e. The molecular formula is C20H32N4O3. The fraction of sp³-hybridized carbons (Fsp3) is 0.600. The molecule has 1 aromatic rings. The number of nitrogens with two attached hydrogens (primary N) is 1. The van der Waals surface area contributed by atoms with Gasteiger partial charge in [0, 0.05) is 39.3 Å². The van der Waals surface area contributed by atoms with E-state index in [2.05, 4.69) is 10.2 Å². The molecule has 0 bridgehead atoms. The Balaban J connectivity index is 1.62. The van der Waals surface area contributed by atoms with E-state index in [4.69, 9.17) is 10.5 Å². The molecule has 0 aromatic heterocycles. The summed E-state index contributed by atoms with van der Waals surface area (Å²) in [5, 5.41) is 2.91. The Kier molecular flexibility index (Phi) is 8.54. The van der Waals surface area contributed by atoms with Gasteiger partial charge in [0.05, 0.1) is 6.04 Å². The van der Waals surface area contributed by atoms with E-state index in [0.717, 1.165) is 31.6 Å². The highest BCUT2D eigenvalue weighted by molar-refractivity contribution is 5.81. The zero-order valence-electron chi connectivity index (χ0n) is 16.4. The maximum absolute atomic E-state index is 12.2. The number of ether oxygens (including phenoxy) is 1. The van der Waals surface area contributed by atoms with E-state index < -0.39 is 6.04 Å². The first-order valence-corrected chi connectivity index (χ1v) is 9.72. The van der Waals surface area contributed by atoms with Crippen molar-refractivity contribution in [1.29, 1.82) is 0 Å². The number of hydrogen-bond donors (Lipinski definition) is 2. The summed E-state index contributed by atoms with van der Waals surface area (Å²) >= 11 is 0. The molecular weight excluding hydrogens is 344 g/mol. The first kappa shape index (κ1) is 21.2. The summed E-state index contributed by atoms with van der Waals surface area (Å²) in [6, 6.07) is 9.21. The smallest absolute Gasteiger partial charge is 0.410 e. The topological polar surface area (TPSA) is 87.9 Å². The lowest BCUT2D eigenvalue weighted by Gasteiger charge is -2.34. The van der Waals surface area contributed by atoms with Gasteiger partial charge in [-0.1, -0.05) is 50.6 Å². The Morgan fingerprint density at radius 2 is 1.85 bits per heavy atom. The second kappa shape index (κ2) is 10.9. The summed E-state index contributed by atoms with van der Waals surface area (Å²) in [5.74, 6) is 0.0860. The maximum atomic E-state index is 12.2. The Morgan fingerprint density at radius 3 is 2.48 bits per heavy atom. The molecule has 0 radical (unpaired) electrons. The predicted octanol–water partition coefficient (Wildman–Crippen LogP) is 1.43. The van der Waals surface area contributed by atoms with E-state index >= 15 is 0 Å². The van der Waals surface area contributed by atoms with Crippen molar-refractivity contribution in [2.45, 2.75) is 32.9 Å². The van der Waals surface area contributed by atoms with Crippen LogP contribution in [0.2, 0.25) is 0 Å². The summed E-state index contributed by atoms with van der Waals surface area (Å²) in [6.07, 6.45) is 0.614. The van der Waals surface area contributed by atoms with Crippen LogP contribution < -0.4 is 11.1 Å². The Morgan fingerprint density at radius 1 is 1.19 bits per heavy atom. The highest BCUT2D eigenvalue weighted by Gasteiger charge is 2.23. The third kappa shape index (κ3) is 6.84. The van der Waals surface area contributed by atoms with Crippen LogP contribution in [0.4, 0.5) is 4.79 Å². The van der Waals surface area contributed by atoms with E-state index in [-0.39, 0.29) is 17.9 Å². The predicted molar refractivity (Wildman–Crippen MR) is 105 cm³/mol. The lowest BCUT2D eigenvalue weighted by Crippen LogP contribution is -2.51. The lowest BCUT2D eigenvalue weighted by atomic mass is 9.99. The molecule has 3 N–H and O–H groups in total. The van der Waals surface area contributed by atoms with Crippen LogP contribution in [0.1, 0.15) is 25.8 Å². The molecule has 0 spiro atoms. The summed E-state index contributed by atoms with van der Waals surface area (Å²) in [5.41, 5.74) is 6.91. The number of carbonyl (C=O) groups is 2. The van der Waals surface area contributed by atoms with Crippen molar-refractivity contribution in [2.24, 2.45) is 11.7 Å². The number of carbonyl (C=O) groups excluding carboxylic acids is 2. The minimum absolute atomic E-state index is 0.0903. The third-order valence-electron chi connectivity index (χ3n) is 5.12. The quantitative estimate of drug-likeness (QED) is 0.717. The van der Waals surface area contributed by atoms with Gasteiger partial charge in [-0.05, 0) is 11.5 Å². The van der Waals surface area contributed by atoms with Crippen LogP contribution in [0.3, 0.4) is 0 Å². The number of rotatable bonds is 8. The zero-order chi connectivity index (χ0) is 19.6. The minimum Gasteiger partial charge on any atom is -0.445 e. The molecule has 2 rings (SSSR count). The normalized spacial score (nSPS) is 17.2. The van der Waals surface area contributed by atoms with Crippen molar-refractivity contribution in [1.82, 2.24) is 15.1 Å². The van der Waals surface area contributed by atoms with Crippen LogP contribution >= 0.6 is 0 Å². The van der Waals surface area contributed by atoms with Gasteiger partial charge in [0.15, 0.2) is 0 Å². The van der Waals surface area contributed by atoms with Gasteiger partial charge in [0.2, 0.25) is 5.91 Å². The van der Waals surface area contributed by atoms with Crippen molar-refractivity contribution in [2.75, 3.05) is 39.3 Å². The fourth-order valence-electron chi connectivity index (χ4n) is 2.93. The van der Waals surface area contributed by atoms with Gasteiger partial charge < -0.3 is 20.7 Å². The average molecular weight is 377 g/mol. The number of hydrogen-bond acceptors (Lipinski definition) is 5. The molecule has 1 saturated heterocycles. The highest BCUT2D eigenvalue weighted by Crippen LogP contribution is 2.07. The Labute approximate surface area is 161 Å². The van der Waals surface area contributed by atoms with E-state index in [1.165, 1.54) is 0 Å². The molecule has 27 heavy (non-hydrogen) atoms. The largest absolute Gasteiger partial charge is 0.445 e. The van der Waals surface area contributed by atoms with E-state index in [0.29, 0.717) is 26.2 Å². The van der Waals surface area contributed by atoms with Crippen molar-refractivity contribution >= 4 is 12.0 Å². The molecule has 0 saturated carbocycles. The summed E-state index contributed by atoms with van der Waals surface area (Å²) in [6.45, 7) is 8.45.